The zero-order chi connectivity index (χ0) is 19.9. The molecule has 0 aromatic heterocycles. The summed E-state index contributed by atoms with van der Waals surface area (Å²) in [6.45, 7) is 4.31. The van der Waals surface area contributed by atoms with Crippen molar-refractivity contribution in [1.82, 2.24) is 4.72 Å². The molecule has 0 bridgehead atoms. The molecule has 1 atom stereocenters. The molecule has 2 aromatic rings. The van der Waals surface area contributed by atoms with Gasteiger partial charge in [0.2, 0.25) is 10.0 Å². The summed E-state index contributed by atoms with van der Waals surface area (Å²) in [4.78, 5) is 12.0. The molecule has 0 saturated carbocycles. The molecule has 1 N–H and O–H groups in total. The van der Waals surface area contributed by atoms with Crippen molar-refractivity contribution in [3.63, 3.8) is 0 Å². The van der Waals surface area contributed by atoms with Crippen molar-refractivity contribution < 1.29 is 22.7 Å². The Bertz CT molecular complexity index is 851. The number of sulfonamides is 1. The Kier molecular flexibility index (Phi) is 7.65. The van der Waals surface area contributed by atoms with Crippen LogP contribution in [0.3, 0.4) is 0 Å². The maximum Gasteiger partial charge on any atom is 0.307 e. The predicted octanol–water partition coefficient (Wildman–Crippen LogP) is 3.71. The van der Waals surface area contributed by atoms with E-state index in [2.05, 4.69) is 4.72 Å². The highest BCUT2D eigenvalue weighted by atomic mass is 35.5. The molecule has 27 heavy (non-hydrogen) atoms. The molecule has 146 valence electrons. The highest BCUT2D eigenvalue weighted by molar-refractivity contribution is 7.89. The van der Waals surface area contributed by atoms with E-state index in [9.17, 15) is 13.2 Å². The highest BCUT2D eigenvalue weighted by Crippen LogP contribution is 2.24. The van der Waals surface area contributed by atoms with Gasteiger partial charge in [-0.3, -0.25) is 4.79 Å². The molecule has 2 aromatic carbocycles. The van der Waals surface area contributed by atoms with Gasteiger partial charge in [0.25, 0.3) is 0 Å². The van der Waals surface area contributed by atoms with Crippen LogP contribution in [0.1, 0.15) is 31.9 Å². The predicted molar refractivity (Wildman–Crippen MR) is 103 cm³/mol. The summed E-state index contributed by atoms with van der Waals surface area (Å²) in [5.41, 5.74) is 0.629. The quantitative estimate of drug-likeness (QED) is 0.636. The topological polar surface area (TPSA) is 81.7 Å². The number of hydrogen-bond acceptors (Lipinski definition) is 5. The lowest BCUT2D eigenvalue weighted by molar-refractivity contribution is -0.143. The molecule has 2 rings (SSSR count). The second-order valence-corrected chi connectivity index (χ2v) is 7.79. The van der Waals surface area contributed by atoms with Gasteiger partial charge in [0, 0.05) is 5.02 Å². The molecule has 0 radical (unpaired) electrons. The first-order chi connectivity index (χ1) is 12.9. The molecule has 0 aliphatic carbocycles. The van der Waals surface area contributed by atoms with Gasteiger partial charge in [-0.2, -0.15) is 0 Å². The number of esters is 1. The number of carbonyl (C=O) groups is 1. The van der Waals surface area contributed by atoms with E-state index in [1.54, 1.807) is 31.2 Å². The largest absolute Gasteiger partial charge is 0.494 e. The molecule has 0 heterocycles. The fourth-order valence-electron chi connectivity index (χ4n) is 2.45. The van der Waals surface area contributed by atoms with Crippen LogP contribution in [0, 0.1) is 0 Å². The van der Waals surface area contributed by atoms with E-state index in [4.69, 9.17) is 21.1 Å². The molecule has 6 nitrogen and oxygen atoms in total. The third kappa shape index (κ3) is 6.23. The lowest BCUT2D eigenvalue weighted by Gasteiger charge is -2.19. The molecule has 0 fully saturated rings. The molecular weight excluding hydrogens is 390 g/mol. The van der Waals surface area contributed by atoms with Gasteiger partial charge >= 0.3 is 5.97 Å². The van der Waals surface area contributed by atoms with Crippen LogP contribution in [0.15, 0.2) is 53.4 Å². The minimum atomic E-state index is -3.85. The van der Waals surface area contributed by atoms with Crippen LogP contribution in [-0.2, 0) is 19.6 Å². The zero-order valence-electron chi connectivity index (χ0n) is 15.1. The third-order valence-electron chi connectivity index (χ3n) is 3.69. The number of rotatable bonds is 9. The van der Waals surface area contributed by atoms with Gasteiger partial charge < -0.3 is 9.47 Å². The second kappa shape index (κ2) is 9.73. The third-order valence-corrected chi connectivity index (χ3v) is 5.43. The van der Waals surface area contributed by atoms with Gasteiger partial charge in [-0.1, -0.05) is 23.7 Å². The first kappa shape index (κ1) is 21.2. The van der Waals surface area contributed by atoms with Gasteiger partial charge in [-0.05, 0) is 55.8 Å². The molecule has 0 aliphatic heterocycles. The lowest BCUT2D eigenvalue weighted by Crippen LogP contribution is -2.30. The summed E-state index contributed by atoms with van der Waals surface area (Å²) in [6, 6.07) is 11.9. The summed E-state index contributed by atoms with van der Waals surface area (Å²) < 4.78 is 38.4. The smallest absolute Gasteiger partial charge is 0.307 e. The summed E-state index contributed by atoms with van der Waals surface area (Å²) in [5.74, 6) is 0.173. The Hall–Kier alpha value is -2.09. The van der Waals surface area contributed by atoms with Gasteiger partial charge in [-0.15, -0.1) is 0 Å². The number of nitrogens with one attached hydrogen (secondary N) is 1. The van der Waals surface area contributed by atoms with Crippen LogP contribution in [0.2, 0.25) is 5.02 Å². The average molecular weight is 412 g/mol. The number of ether oxygens (including phenoxy) is 2. The standard InChI is InChI=1S/C19H22ClNO5S/c1-3-25-16-9-5-14(6-10-16)18(13-19(22)26-4-2)21-27(23,24)17-11-7-15(20)8-12-17/h5-12,18,21H,3-4,13H2,1-2H3/t18-/m1/s1. The van der Waals surface area contributed by atoms with E-state index >= 15 is 0 Å². The lowest BCUT2D eigenvalue weighted by atomic mass is 10.0. The number of benzene rings is 2. The summed E-state index contributed by atoms with van der Waals surface area (Å²) in [6.07, 6.45) is -0.130. The normalized spacial score (nSPS) is 12.4. The molecule has 0 amide bonds. The van der Waals surface area contributed by atoms with Gasteiger partial charge in [-0.25, -0.2) is 13.1 Å². The van der Waals surface area contributed by atoms with E-state index in [-0.39, 0.29) is 17.9 Å². The van der Waals surface area contributed by atoms with E-state index in [0.717, 1.165) is 0 Å². The maximum absolute atomic E-state index is 12.7. The number of hydrogen-bond donors (Lipinski definition) is 1. The molecule has 0 unspecified atom stereocenters. The Morgan fingerprint density at radius 1 is 1.04 bits per heavy atom. The summed E-state index contributed by atoms with van der Waals surface area (Å²) in [5, 5.41) is 0.434. The fourth-order valence-corrected chi connectivity index (χ4v) is 3.80. The maximum atomic E-state index is 12.7. The van der Waals surface area contributed by atoms with Crippen molar-refractivity contribution in [2.75, 3.05) is 13.2 Å². The van der Waals surface area contributed by atoms with Crippen LogP contribution in [-0.4, -0.2) is 27.6 Å². The second-order valence-electron chi connectivity index (χ2n) is 5.64. The molecule has 0 saturated heterocycles. The minimum Gasteiger partial charge on any atom is -0.494 e. The van der Waals surface area contributed by atoms with E-state index in [1.807, 2.05) is 6.92 Å². The Morgan fingerprint density at radius 2 is 1.67 bits per heavy atom. The van der Waals surface area contributed by atoms with Gasteiger partial charge in [0.1, 0.15) is 5.75 Å². The van der Waals surface area contributed by atoms with Crippen LogP contribution in [0.25, 0.3) is 0 Å². The SMILES string of the molecule is CCOC(=O)C[C@@H](NS(=O)(=O)c1ccc(Cl)cc1)c1ccc(OCC)cc1. The first-order valence-electron chi connectivity index (χ1n) is 8.52. The van der Waals surface area contributed by atoms with E-state index in [0.29, 0.717) is 22.9 Å². The molecular formula is C19H22ClNO5S. The number of carbonyl (C=O) groups excluding carboxylic acids is 1. The van der Waals surface area contributed by atoms with Crippen molar-refractivity contribution in [2.24, 2.45) is 0 Å². The summed E-state index contributed by atoms with van der Waals surface area (Å²) >= 11 is 5.82. The highest BCUT2D eigenvalue weighted by Gasteiger charge is 2.24. The van der Waals surface area contributed by atoms with Crippen LogP contribution >= 0.6 is 11.6 Å². The Morgan fingerprint density at radius 3 is 2.22 bits per heavy atom. The summed E-state index contributed by atoms with van der Waals surface area (Å²) in [7, 11) is -3.85. The van der Waals surface area contributed by atoms with Crippen molar-refractivity contribution in [3.05, 3.63) is 59.1 Å². The fraction of sp³-hybridized carbons (Fsp3) is 0.316. The zero-order valence-corrected chi connectivity index (χ0v) is 16.7. The molecule has 0 spiro atoms. The van der Waals surface area contributed by atoms with Crippen LogP contribution < -0.4 is 9.46 Å². The Balaban J connectivity index is 2.28. The van der Waals surface area contributed by atoms with Crippen LogP contribution in [0.5, 0.6) is 5.75 Å². The van der Waals surface area contributed by atoms with Crippen molar-refractivity contribution in [3.8, 4) is 5.75 Å². The van der Waals surface area contributed by atoms with Crippen molar-refractivity contribution in [2.45, 2.75) is 31.2 Å². The van der Waals surface area contributed by atoms with E-state index < -0.39 is 22.0 Å². The average Bonchev–Trinajstić information content (AvgIpc) is 2.62. The van der Waals surface area contributed by atoms with Crippen molar-refractivity contribution in [1.29, 1.82) is 0 Å². The minimum absolute atomic E-state index is 0.0618. The van der Waals surface area contributed by atoms with Crippen LogP contribution in [0.4, 0.5) is 0 Å². The van der Waals surface area contributed by atoms with Gasteiger partial charge in [0.05, 0.1) is 30.6 Å². The van der Waals surface area contributed by atoms with Crippen molar-refractivity contribution >= 4 is 27.6 Å². The Labute approximate surface area is 164 Å². The van der Waals surface area contributed by atoms with E-state index in [1.165, 1.54) is 24.3 Å². The molecule has 0 aliphatic rings. The molecule has 8 heteroatoms. The first-order valence-corrected chi connectivity index (χ1v) is 10.4. The number of halogens is 1. The van der Waals surface area contributed by atoms with Gasteiger partial charge in [0.15, 0.2) is 0 Å². The monoisotopic (exact) mass is 411 g/mol.